The lowest BCUT2D eigenvalue weighted by Crippen LogP contribution is -1.97. The van der Waals surface area contributed by atoms with Crippen molar-refractivity contribution in [2.45, 2.75) is 6.61 Å². The summed E-state index contributed by atoms with van der Waals surface area (Å²) in [5, 5.41) is 8.51. The molecule has 0 heterocycles. The van der Waals surface area contributed by atoms with Gasteiger partial charge < -0.3 is 10.8 Å². The first-order valence-corrected chi connectivity index (χ1v) is 2.99. The van der Waals surface area contributed by atoms with E-state index in [0.29, 0.717) is 0 Å². The van der Waals surface area contributed by atoms with E-state index in [9.17, 15) is 8.78 Å². The van der Waals surface area contributed by atoms with Crippen LogP contribution in [0.2, 0.25) is 0 Å². The van der Waals surface area contributed by atoms with Gasteiger partial charge >= 0.3 is 0 Å². The topological polar surface area (TPSA) is 46.2 Å². The highest BCUT2D eigenvalue weighted by molar-refractivity contribution is 5.41. The lowest BCUT2D eigenvalue weighted by atomic mass is 10.2. The highest BCUT2D eigenvalue weighted by Gasteiger charge is 2.07. The Balaban J connectivity index is 3.24. The van der Waals surface area contributed by atoms with Crippen LogP contribution in [-0.4, -0.2) is 5.11 Å². The number of aliphatic hydroxyl groups is 1. The van der Waals surface area contributed by atoms with Crippen molar-refractivity contribution in [3.63, 3.8) is 0 Å². The van der Waals surface area contributed by atoms with E-state index >= 15 is 0 Å². The van der Waals surface area contributed by atoms with Gasteiger partial charge in [-0.2, -0.15) is 0 Å². The molecular formula is C7H7F2NO. The second-order valence-electron chi connectivity index (χ2n) is 2.13. The Morgan fingerprint density at radius 1 is 1.36 bits per heavy atom. The molecule has 1 aromatic rings. The van der Waals surface area contributed by atoms with Crippen LogP contribution in [0.5, 0.6) is 0 Å². The fourth-order valence-electron chi connectivity index (χ4n) is 0.784. The number of nitrogens with two attached hydrogens (primary N) is 1. The predicted molar refractivity (Wildman–Crippen MR) is 36.7 cm³/mol. The van der Waals surface area contributed by atoms with Crippen LogP contribution in [0.15, 0.2) is 12.1 Å². The van der Waals surface area contributed by atoms with Crippen LogP contribution >= 0.6 is 0 Å². The second-order valence-corrected chi connectivity index (χ2v) is 2.13. The summed E-state index contributed by atoms with van der Waals surface area (Å²) >= 11 is 0. The molecule has 1 rings (SSSR count). The Bertz CT molecular complexity index is 275. The van der Waals surface area contributed by atoms with Crippen molar-refractivity contribution in [1.29, 1.82) is 0 Å². The van der Waals surface area contributed by atoms with Gasteiger partial charge in [-0.3, -0.25) is 0 Å². The summed E-state index contributed by atoms with van der Waals surface area (Å²) in [4.78, 5) is 0. The third kappa shape index (κ3) is 1.46. The van der Waals surface area contributed by atoms with Gasteiger partial charge in [0.15, 0.2) is 11.6 Å². The molecule has 0 amide bonds. The molecule has 0 aliphatic carbocycles. The molecule has 2 nitrogen and oxygen atoms in total. The van der Waals surface area contributed by atoms with Gasteiger partial charge in [0.1, 0.15) is 0 Å². The molecular weight excluding hydrogens is 152 g/mol. The van der Waals surface area contributed by atoms with E-state index in [0.717, 1.165) is 6.07 Å². The van der Waals surface area contributed by atoms with Crippen LogP contribution in [0.25, 0.3) is 0 Å². The van der Waals surface area contributed by atoms with Gasteiger partial charge in [0, 0.05) is 11.3 Å². The predicted octanol–water partition coefficient (Wildman–Crippen LogP) is 1.04. The van der Waals surface area contributed by atoms with Gasteiger partial charge in [-0.25, -0.2) is 8.78 Å². The summed E-state index contributed by atoms with van der Waals surface area (Å²) in [6.45, 7) is -0.548. The number of nitrogen functional groups attached to an aromatic ring is 1. The largest absolute Gasteiger partial charge is 0.399 e. The van der Waals surface area contributed by atoms with Crippen molar-refractivity contribution >= 4 is 5.69 Å². The maximum absolute atomic E-state index is 12.6. The van der Waals surface area contributed by atoms with Crippen molar-refractivity contribution in [1.82, 2.24) is 0 Å². The van der Waals surface area contributed by atoms with Crippen molar-refractivity contribution in [2.75, 3.05) is 5.73 Å². The average molecular weight is 159 g/mol. The summed E-state index contributed by atoms with van der Waals surface area (Å²) in [5.41, 5.74) is 5.17. The van der Waals surface area contributed by atoms with E-state index in [1.807, 2.05) is 0 Å². The molecule has 11 heavy (non-hydrogen) atoms. The molecule has 0 bridgehead atoms. The first kappa shape index (κ1) is 7.94. The quantitative estimate of drug-likeness (QED) is 0.601. The normalized spacial score (nSPS) is 10.1. The third-order valence-electron chi connectivity index (χ3n) is 1.30. The minimum atomic E-state index is -1.04. The van der Waals surface area contributed by atoms with Crippen LogP contribution in [-0.2, 0) is 6.61 Å². The summed E-state index contributed by atoms with van der Waals surface area (Å²) in [6, 6.07) is 2.06. The lowest BCUT2D eigenvalue weighted by Gasteiger charge is -2.01. The molecule has 0 aliphatic rings. The molecule has 0 fully saturated rings. The molecule has 4 heteroatoms. The highest BCUT2D eigenvalue weighted by Crippen LogP contribution is 2.15. The van der Waals surface area contributed by atoms with E-state index in [2.05, 4.69) is 0 Å². The number of anilines is 1. The van der Waals surface area contributed by atoms with Crippen molar-refractivity contribution in [3.05, 3.63) is 29.3 Å². The Hall–Kier alpha value is -1.16. The first-order chi connectivity index (χ1) is 5.15. The number of hydrogen-bond donors (Lipinski definition) is 2. The van der Waals surface area contributed by atoms with Gasteiger partial charge in [0.25, 0.3) is 0 Å². The summed E-state index contributed by atoms with van der Waals surface area (Å²) in [7, 11) is 0. The number of rotatable bonds is 1. The fourth-order valence-corrected chi connectivity index (χ4v) is 0.784. The Morgan fingerprint density at radius 3 is 2.55 bits per heavy atom. The number of benzene rings is 1. The van der Waals surface area contributed by atoms with E-state index in [-0.39, 0.29) is 11.3 Å². The van der Waals surface area contributed by atoms with E-state index in [4.69, 9.17) is 10.8 Å². The van der Waals surface area contributed by atoms with E-state index in [1.165, 1.54) is 6.07 Å². The second kappa shape index (κ2) is 2.84. The van der Waals surface area contributed by atoms with Gasteiger partial charge in [0.05, 0.1) is 6.61 Å². The van der Waals surface area contributed by atoms with Gasteiger partial charge in [-0.05, 0) is 12.1 Å². The van der Waals surface area contributed by atoms with Crippen LogP contribution in [0.1, 0.15) is 5.56 Å². The summed E-state index contributed by atoms with van der Waals surface area (Å²) in [5.74, 6) is -2.07. The molecule has 0 radical (unpaired) electrons. The minimum Gasteiger partial charge on any atom is -0.399 e. The van der Waals surface area contributed by atoms with Crippen LogP contribution in [0, 0.1) is 11.6 Å². The molecule has 3 N–H and O–H groups in total. The molecule has 60 valence electrons. The Labute approximate surface area is 62.3 Å². The number of aliphatic hydroxyl groups excluding tert-OH is 1. The maximum Gasteiger partial charge on any atom is 0.164 e. The molecule has 0 saturated heterocycles. The molecule has 0 spiro atoms. The molecule has 0 unspecified atom stereocenters. The van der Waals surface area contributed by atoms with Crippen molar-refractivity contribution in [3.8, 4) is 0 Å². The van der Waals surface area contributed by atoms with Crippen LogP contribution in [0.4, 0.5) is 14.5 Å². The molecule has 0 aromatic heterocycles. The summed E-state index contributed by atoms with van der Waals surface area (Å²) in [6.07, 6.45) is 0. The zero-order valence-electron chi connectivity index (χ0n) is 5.64. The Morgan fingerprint density at radius 2 is 2.00 bits per heavy atom. The van der Waals surface area contributed by atoms with Crippen LogP contribution < -0.4 is 5.73 Å². The molecule has 0 saturated carbocycles. The SMILES string of the molecule is Nc1cc(F)c(F)c(CO)c1. The van der Waals surface area contributed by atoms with E-state index < -0.39 is 18.2 Å². The number of halogens is 2. The number of hydrogen-bond acceptors (Lipinski definition) is 2. The van der Waals surface area contributed by atoms with Gasteiger partial charge in [-0.1, -0.05) is 0 Å². The zero-order chi connectivity index (χ0) is 8.43. The minimum absolute atomic E-state index is 0.105. The third-order valence-corrected chi connectivity index (χ3v) is 1.30. The van der Waals surface area contributed by atoms with E-state index in [1.54, 1.807) is 0 Å². The fraction of sp³-hybridized carbons (Fsp3) is 0.143. The van der Waals surface area contributed by atoms with Crippen molar-refractivity contribution in [2.24, 2.45) is 0 Å². The van der Waals surface area contributed by atoms with Crippen LogP contribution in [0.3, 0.4) is 0 Å². The monoisotopic (exact) mass is 159 g/mol. The molecule has 0 aliphatic heterocycles. The van der Waals surface area contributed by atoms with Crippen molar-refractivity contribution < 1.29 is 13.9 Å². The Kier molecular flexibility index (Phi) is 2.05. The standard InChI is InChI=1S/C7H7F2NO/c8-6-2-5(10)1-4(3-11)7(6)9/h1-2,11H,3,10H2. The summed E-state index contributed by atoms with van der Waals surface area (Å²) < 4.78 is 25.1. The smallest absolute Gasteiger partial charge is 0.164 e. The molecule has 0 atom stereocenters. The van der Waals surface area contributed by atoms with Gasteiger partial charge in [-0.15, -0.1) is 0 Å². The zero-order valence-corrected chi connectivity index (χ0v) is 5.64. The lowest BCUT2D eigenvalue weighted by molar-refractivity contribution is 0.273. The first-order valence-electron chi connectivity index (χ1n) is 2.99. The maximum atomic E-state index is 12.6. The molecule has 1 aromatic carbocycles. The highest BCUT2D eigenvalue weighted by atomic mass is 19.2. The van der Waals surface area contributed by atoms with Gasteiger partial charge in [0.2, 0.25) is 0 Å². The average Bonchev–Trinajstić information content (AvgIpc) is 1.96.